The molecule has 0 radical (unpaired) electrons. The van der Waals surface area contributed by atoms with Crippen molar-refractivity contribution < 1.29 is 18.3 Å². The topological polar surface area (TPSA) is 42.2 Å². The highest BCUT2D eigenvalue weighted by Gasteiger charge is 2.31. The van der Waals surface area contributed by atoms with E-state index in [9.17, 15) is 8.78 Å². The fourth-order valence-corrected chi connectivity index (χ4v) is 5.62. The summed E-state index contributed by atoms with van der Waals surface area (Å²) >= 11 is 0. The molecule has 2 saturated carbocycles. The van der Waals surface area contributed by atoms with Crippen LogP contribution in [0.3, 0.4) is 0 Å². The lowest BCUT2D eigenvalue weighted by atomic mass is 9.71. The highest BCUT2D eigenvalue weighted by atomic mass is 19.2. The van der Waals surface area contributed by atoms with Gasteiger partial charge in [-0.3, -0.25) is 0 Å². The first-order valence-corrected chi connectivity index (χ1v) is 13.2. The lowest BCUT2D eigenvalue weighted by molar-refractivity contribution is 0.00468. The van der Waals surface area contributed by atoms with Gasteiger partial charge in [0.05, 0.1) is 18.3 Å². The maximum atomic E-state index is 14.0. The standard InChI is InChI=1S/C28H41F2NO2/c1-2-3-4-5-6-7-18-32-25-15-12-23(13-16-25)22-10-8-21(9-11-22)20-33-26-17-14-24(19-31)27(29)28(26)30/h14,17,21-23,25H,2-13,15-16,18,20H2,1H3. The van der Waals surface area contributed by atoms with Crippen LogP contribution in [0.2, 0.25) is 0 Å². The van der Waals surface area contributed by atoms with Gasteiger partial charge in [0.2, 0.25) is 5.82 Å². The highest BCUT2D eigenvalue weighted by molar-refractivity contribution is 5.37. The number of rotatable bonds is 12. The molecule has 0 unspecified atom stereocenters. The minimum atomic E-state index is -1.12. The Morgan fingerprint density at radius 1 is 0.848 bits per heavy atom. The zero-order valence-corrected chi connectivity index (χ0v) is 20.3. The molecule has 0 bridgehead atoms. The van der Waals surface area contributed by atoms with Crippen LogP contribution in [0.15, 0.2) is 12.1 Å². The van der Waals surface area contributed by atoms with Gasteiger partial charge in [0.1, 0.15) is 6.07 Å². The molecule has 2 fully saturated rings. The van der Waals surface area contributed by atoms with Gasteiger partial charge >= 0.3 is 0 Å². The second kappa shape index (κ2) is 13.9. The molecule has 1 aromatic carbocycles. The maximum absolute atomic E-state index is 14.0. The Morgan fingerprint density at radius 3 is 2.15 bits per heavy atom. The summed E-state index contributed by atoms with van der Waals surface area (Å²) in [5.74, 6) is -0.289. The Kier molecular flexibility index (Phi) is 10.9. The molecule has 3 rings (SSSR count). The molecule has 0 N–H and O–H groups in total. The number of unbranched alkanes of at least 4 members (excludes halogenated alkanes) is 5. The zero-order valence-electron chi connectivity index (χ0n) is 20.3. The first-order valence-electron chi connectivity index (χ1n) is 13.2. The molecule has 5 heteroatoms. The first-order chi connectivity index (χ1) is 16.1. The van der Waals surface area contributed by atoms with E-state index >= 15 is 0 Å². The smallest absolute Gasteiger partial charge is 0.201 e. The van der Waals surface area contributed by atoms with Gasteiger partial charge in [-0.15, -0.1) is 0 Å². The number of hydrogen-bond acceptors (Lipinski definition) is 3. The molecule has 0 amide bonds. The Balaban J connectivity index is 1.29. The first kappa shape index (κ1) is 25.9. The van der Waals surface area contributed by atoms with Crippen molar-refractivity contribution in [3.63, 3.8) is 0 Å². The van der Waals surface area contributed by atoms with E-state index in [2.05, 4.69) is 6.92 Å². The van der Waals surface area contributed by atoms with E-state index in [-0.39, 0.29) is 11.3 Å². The van der Waals surface area contributed by atoms with Crippen molar-refractivity contribution in [1.82, 2.24) is 0 Å². The number of hydrogen-bond donors (Lipinski definition) is 0. The molecular formula is C28H41F2NO2. The molecule has 0 spiro atoms. The summed E-state index contributed by atoms with van der Waals surface area (Å²) in [6.07, 6.45) is 17.9. The number of benzene rings is 1. The van der Waals surface area contributed by atoms with Crippen molar-refractivity contribution in [2.24, 2.45) is 17.8 Å². The van der Waals surface area contributed by atoms with Crippen molar-refractivity contribution in [2.45, 2.75) is 103 Å². The van der Waals surface area contributed by atoms with E-state index in [0.29, 0.717) is 18.6 Å². The van der Waals surface area contributed by atoms with Gasteiger partial charge in [-0.2, -0.15) is 9.65 Å². The minimum Gasteiger partial charge on any atom is -0.490 e. The van der Waals surface area contributed by atoms with E-state index in [1.807, 2.05) is 0 Å². The monoisotopic (exact) mass is 461 g/mol. The predicted molar refractivity (Wildman–Crippen MR) is 127 cm³/mol. The summed E-state index contributed by atoms with van der Waals surface area (Å²) in [5.41, 5.74) is -0.289. The van der Waals surface area contributed by atoms with Gasteiger partial charge in [0.15, 0.2) is 11.6 Å². The van der Waals surface area contributed by atoms with E-state index in [1.54, 1.807) is 6.07 Å². The van der Waals surface area contributed by atoms with Gasteiger partial charge in [0.25, 0.3) is 0 Å². The lowest BCUT2D eigenvalue weighted by Crippen LogP contribution is -2.29. The Labute approximate surface area is 198 Å². The fourth-order valence-electron chi connectivity index (χ4n) is 5.62. The van der Waals surface area contributed by atoms with E-state index in [1.165, 1.54) is 89.2 Å². The Morgan fingerprint density at radius 2 is 1.48 bits per heavy atom. The molecule has 0 atom stereocenters. The third kappa shape index (κ3) is 7.95. The molecule has 0 aromatic heterocycles. The second-order valence-electron chi connectivity index (χ2n) is 10.1. The SMILES string of the molecule is CCCCCCCCOC1CCC(C2CCC(COc3ccc(C#N)c(F)c3F)CC2)CC1. The van der Waals surface area contributed by atoms with Crippen molar-refractivity contribution >= 4 is 0 Å². The van der Waals surface area contributed by atoms with Gasteiger partial charge < -0.3 is 9.47 Å². The second-order valence-corrected chi connectivity index (χ2v) is 10.1. The van der Waals surface area contributed by atoms with Crippen molar-refractivity contribution in [2.75, 3.05) is 13.2 Å². The third-order valence-electron chi connectivity index (χ3n) is 7.77. The molecule has 2 aliphatic carbocycles. The zero-order chi connectivity index (χ0) is 23.5. The average molecular weight is 462 g/mol. The fraction of sp³-hybridized carbons (Fsp3) is 0.750. The molecule has 0 heterocycles. The molecule has 184 valence electrons. The summed E-state index contributed by atoms with van der Waals surface area (Å²) in [5, 5.41) is 8.79. The number of nitriles is 1. The summed E-state index contributed by atoms with van der Waals surface area (Å²) in [6.45, 7) is 3.59. The van der Waals surface area contributed by atoms with Gasteiger partial charge in [-0.05, 0) is 87.7 Å². The van der Waals surface area contributed by atoms with Crippen LogP contribution in [0.25, 0.3) is 0 Å². The van der Waals surface area contributed by atoms with Gasteiger partial charge in [-0.1, -0.05) is 39.0 Å². The van der Waals surface area contributed by atoms with Gasteiger partial charge in [-0.25, -0.2) is 4.39 Å². The summed E-state index contributed by atoms with van der Waals surface area (Å²) in [7, 11) is 0. The van der Waals surface area contributed by atoms with Gasteiger partial charge in [0, 0.05) is 6.61 Å². The minimum absolute atomic E-state index is 0.0899. The molecule has 3 nitrogen and oxygen atoms in total. The van der Waals surface area contributed by atoms with Crippen LogP contribution < -0.4 is 4.74 Å². The van der Waals surface area contributed by atoms with Crippen LogP contribution >= 0.6 is 0 Å². The van der Waals surface area contributed by atoms with Crippen LogP contribution in [0, 0.1) is 40.7 Å². The van der Waals surface area contributed by atoms with E-state index in [0.717, 1.165) is 31.3 Å². The molecule has 2 aliphatic rings. The number of ether oxygens (including phenoxy) is 2. The van der Waals surface area contributed by atoms with Crippen molar-refractivity contribution in [3.05, 3.63) is 29.3 Å². The van der Waals surface area contributed by atoms with Crippen LogP contribution in [0.4, 0.5) is 8.78 Å². The maximum Gasteiger partial charge on any atom is 0.201 e. The lowest BCUT2D eigenvalue weighted by Gasteiger charge is -2.37. The summed E-state index contributed by atoms with van der Waals surface area (Å²) < 4.78 is 39.6. The summed E-state index contributed by atoms with van der Waals surface area (Å²) in [6, 6.07) is 4.28. The quantitative estimate of drug-likeness (QED) is 0.297. The molecular weight excluding hydrogens is 420 g/mol. The Hall–Kier alpha value is -1.67. The highest BCUT2D eigenvalue weighted by Crippen LogP contribution is 2.40. The Bertz CT molecular complexity index is 747. The normalized spacial score (nSPS) is 25.5. The van der Waals surface area contributed by atoms with E-state index in [4.69, 9.17) is 14.7 Å². The molecule has 0 saturated heterocycles. The van der Waals surface area contributed by atoms with Crippen molar-refractivity contribution in [1.29, 1.82) is 5.26 Å². The number of halogens is 2. The van der Waals surface area contributed by atoms with Crippen LogP contribution in [-0.2, 0) is 4.74 Å². The summed E-state index contributed by atoms with van der Waals surface area (Å²) in [4.78, 5) is 0. The van der Waals surface area contributed by atoms with Crippen molar-refractivity contribution in [3.8, 4) is 11.8 Å². The molecule has 1 aromatic rings. The number of nitrogens with zero attached hydrogens (tertiary/aromatic N) is 1. The molecule has 0 aliphatic heterocycles. The largest absolute Gasteiger partial charge is 0.490 e. The van der Waals surface area contributed by atoms with E-state index < -0.39 is 11.6 Å². The predicted octanol–water partition coefficient (Wildman–Crippen LogP) is 7.96. The van der Waals surface area contributed by atoms with Crippen LogP contribution in [0.5, 0.6) is 5.75 Å². The third-order valence-corrected chi connectivity index (χ3v) is 7.77. The van der Waals surface area contributed by atoms with Crippen LogP contribution in [0.1, 0.15) is 102 Å². The average Bonchev–Trinajstić information content (AvgIpc) is 2.85. The molecule has 33 heavy (non-hydrogen) atoms. The van der Waals surface area contributed by atoms with Crippen LogP contribution in [-0.4, -0.2) is 19.3 Å².